The number of likely N-dealkylation sites (tertiary alicyclic amines) is 1. The predicted octanol–water partition coefficient (Wildman–Crippen LogP) is 8.89. The van der Waals surface area contributed by atoms with E-state index in [4.69, 9.17) is 10.1 Å². The van der Waals surface area contributed by atoms with Gasteiger partial charge in [0.2, 0.25) is 0 Å². The second kappa shape index (κ2) is 14.3. The van der Waals surface area contributed by atoms with Gasteiger partial charge in [-0.15, -0.1) is 0 Å². The molecule has 37 heavy (non-hydrogen) atoms. The number of piperidine rings is 1. The SMILES string of the molecule is C/C=C(\C=C(\C)C(=N)CC)C(/CCC)=C(/c1cc(C2CCN(C3CCOCC3)CC2)ccc1C)C(C)C. The van der Waals surface area contributed by atoms with Crippen molar-refractivity contribution in [3.8, 4) is 0 Å². The molecule has 3 rings (SSSR count). The molecule has 2 aliphatic heterocycles. The van der Waals surface area contributed by atoms with E-state index in [9.17, 15) is 0 Å². The molecule has 3 nitrogen and oxygen atoms in total. The van der Waals surface area contributed by atoms with Gasteiger partial charge < -0.3 is 15.0 Å². The zero-order chi connectivity index (χ0) is 26.9. The third-order valence-corrected chi connectivity index (χ3v) is 8.52. The normalized spacial score (nSPS) is 19.9. The molecule has 0 bridgehead atoms. The van der Waals surface area contributed by atoms with Gasteiger partial charge >= 0.3 is 0 Å². The summed E-state index contributed by atoms with van der Waals surface area (Å²) in [6, 6.07) is 8.02. The van der Waals surface area contributed by atoms with Gasteiger partial charge in [-0.05, 0) is 123 Å². The lowest BCUT2D eigenvalue weighted by molar-refractivity contribution is 0.0252. The number of hydrogen-bond donors (Lipinski definition) is 1. The summed E-state index contributed by atoms with van der Waals surface area (Å²) in [5.74, 6) is 1.08. The minimum atomic E-state index is 0.431. The first-order valence-corrected chi connectivity index (χ1v) is 14.9. The smallest absolute Gasteiger partial charge is 0.0480 e. The van der Waals surface area contributed by atoms with Crippen LogP contribution in [0.5, 0.6) is 0 Å². The van der Waals surface area contributed by atoms with E-state index >= 15 is 0 Å². The van der Waals surface area contributed by atoms with Crippen LogP contribution in [0.4, 0.5) is 0 Å². The number of ether oxygens (including phenoxy) is 1. The second-order valence-corrected chi connectivity index (χ2v) is 11.4. The van der Waals surface area contributed by atoms with Gasteiger partial charge in [-0.25, -0.2) is 0 Å². The topological polar surface area (TPSA) is 36.3 Å². The Balaban J connectivity index is 1.95. The lowest BCUT2D eigenvalue weighted by Crippen LogP contribution is -2.43. The Labute approximate surface area is 227 Å². The van der Waals surface area contributed by atoms with Crippen molar-refractivity contribution >= 4 is 11.3 Å². The van der Waals surface area contributed by atoms with E-state index in [1.165, 1.54) is 72.2 Å². The summed E-state index contributed by atoms with van der Waals surface area (Å²) < 4.78 is 5.60. The van der Waals surface area contributed by atoms with Gasteiger partial charge in [0.1, 0.15) is 0 Å². The van der Waals surface area contributed by atoms with E-state index in [0.29, 0.717) is 11.8 Å². The molecular weight excluding hydrogens is 452 g/mol. The van der Waals surface area contributed by atoms with Crippen molar-refractivity contribution in [2.45, 2.75) is 105 Å². The Morgan fingerprint density at radius 1 is 1.11 bits per heavy atom. The number of rotatable bonds is 10. The largest absolute Gasteiger partial charge is 0.381 e. The highest BCUT2D eigenvalue weighted by Gasteiger charge is 2.28. The highest BCUT2D eigenvalue weighted by atomic mass is 16.5. The Bertz CT molecular complexity index is 999. The Morgan fingerprint density at radius 2 is 1.78 bits per heavy atom. The molecule has 1 aromatic carbocycles. The third kappa shape index (κ3) is 7.54. The molecule has 0 amide bonds. The molecule has 1 aromatic rings. The molecule has 3 heteroatoms. The van der Waals surface area contributed by atoms with E-state index in [1.807, 2.05) is 0 Å². The molecule has 0 aliphatic carbocycles. The van der Waals surface area contributed by atoms with Crippen LogP contribution in [0.25, 0.3) is 5.57 Å². The monoisotopic (exact) mass is 504 g/mol. The van der Waals surface area contributed by atoms with Crippen molar-refractivity contribution in [2.24, 2.45) is 5.92 Å². The van der Waals surface area contributed by atoms with E-state index in [1.54, 1.807) is 0 Å². The van der Waals surface area contributed by atoms with Gasteiger partial charge in [-0.1, -0.05) is 64.5 Å². The van der Waals surface area contributed by atoms with Gasteiger partial charge in [0.15, 0.2) is 0 Å². The van der Waals surface area contributed by atoms with Crippen molar-refractivity contribution in [2.75, 3.05) is 26.3 Å². The Morgan fingerprint density at radius 3 is 2.35 bits per heavy atom. The first-order chi connectivity index (χ1) is 17.8. The van der Waals surface area contributed by atoms with Gasteiger partial charge in [-0.3, -0.25) is 0 Å². The van der Waals surface area contributed by atoms with Crippen LogP contribution in [0.1, 0.15) is 109 Å². The van der Waals surface area contributed by atoms with Crippen LogP contribution in [0.15, 0.2) is 47.1 Å². The number of aryl methyl sites for hydroxylation is 1. The second-order valence-electron chi connectivity index (χ2n) is 11.4. The number of benzene rings is 1. The van der Waals surface area contributed by atoms with Crippen molar-refractivity contribution in [1.29, 1.82) is 5.41 Å². The highest BCUT2D eigenvalue weighted by molar-refractivity contribution is 5.97. The maximum absolute atomic E-state index is 8.34. The highest BCUT2D eigenvalue weighted by Crippen LogP contribution is 2.38. The first kappa shape index (κ1) is 29.6. The summed E-state index contributed by atoms with van der Waals surface area (Å²) in [7, 11) is 0. The fraction of sp³-hybridized carbons (Fsp3) is 0.618. The quantitative estimate of drug-likeness (QED) is 0.255. The number of allylic oxidation sites excluding steroid dienone is 6. The number of hydrogen-bond acceptors (Lipinski definition) is 3. The van der Waals surface area contributed by atoms with Gasteiger partial charge in [-0.2, -0.15) is 0 Å². The zero-order valence-corrected chi connectivity index (χ0v) is 24.8. The van der Waals surface area contributed by atoms with Crippen molar-refractivity contribution in [3.05, 3.63) is 63.8 Å². The molecule has 0 radical (unpaired) electrons. The lowest BCUT2D eigenvalue weighted by atomic mass is 9.80. The average molecular weight is 505 g/mol. The van der Waals surface area contributed by atoms with Crippen LogP contribution in [-0.4, -0.2) is 43.0 Å². The lowest BCUT2D eigenvalue weighted by Gasteiger charge is -2.39. The molecule has 2 heterocycles. The van der Waals surface area contributed by atoms with E-state index < -0.39 is 0 Å². The van der Waals surface area contributed by atoms with Crippen LogP contribution in [0, 0.1) is 18.3 Å². The summed E-state index contributed by atoms with van der Waals surface area (Å²) in [6.07, 6.45) is 12.4. The molecule has 2 fully saturated rings. The number of nitrogens with zero attached hydrogens (tertiary/aromatic N) is 1. The molecule has 2 aliphatic rings. The van der Waals surface area contributed by atoms with Crippen LogP contribution < -0.4 is 0 Å². The summed E-state index contributed by atoms with van der Waals surface area (Å²) >= 11 is 0. The molecule has 0 aromatic heterocycles. The van der Waals surface area contributed by atoms with Crippen LogP contribution >= 0.6 is 0 Å². The molecular formula is C34H52N2O. The van der Waals surface area contributed by atoms with Gasteiger partial charge in [0.25, 0.3) is 0 Å². The molecule has 0 atom stereocenters. The maximum Gasteiger partial charge on any atom is 0.0480 e. The van der Waals surface area contributed by atoms with Crippen LogP contribution in [0.3, 0.4) is 0 Å². The minimum absolute atomic E-state index is 0.431. The van der Waals surface area contributed by atoms with Gasteiger partial charge in [0.05, 0.1) is 0 Å². The minimum Gasteiger partial charge on any atom is -0.381 e. The van der Waals surface area contributed by atoms with Crippen LogP contribution in [0.2, 0.25) is 0 Å². The molecule has 1 N–H and O–H groups in total. The molecule has 0 spiro atoms. The fourth-order valence-corrected chi connectivity index (χ4v) is 6.28. The van der Waals surface area contributed by atoms with Crippen molar-refractivity contribution in [3.63, 3.8) is 0 Å². The first-order valence-electron chi connectivity index (χ1n) is 14.9. The molecule has 2 saturated heterocycles. The third-order valence-electron chi connectivity index (χ3n) is 8.52. The molecule has 204 valence electrons. The summed E-state index contributed by atoms with van der Waals surface area (Å²) in [5.41, 5.74) is 10.4. The average Bonchev–Trinajstić information content (AvgIpc) is 2.92. The summed E-state index contributed by atoms with van der Waals surface area (Å²) in [4.78, 5) is 2.73. The zero-order valence-electron chi connectivity index (χ0n) is 24.8. The standard InChI is InChI=1S/C34H52N2O/c1-8-11-31(27(9-2)22-26(7)33(35)10-3)34(24(4)5)32-23-29(13-12-25(32)6)28-14-18-36(19-15-28)30-16-20-37-21-17-30/h9,12-13,22-24,28,30,35H,8,10-11,14-21H2,1-7H3/b26-22-,27-9+,34-31+,35-33?. The van der Waals surface area contributed by atoms with Crippen LogP contribution in [-0.2, 0) is 4.74 Å². The summed E-state index contributed by atoms with van der Waals surface area (Å²) in [5, 5.41) is 8.34. The van der Waals surface area contributed by atoms with E-state index in [2.05, 4.69) is 83.7 Å². The molecule has 0 saturated carbocycles. The Hall–Kier alpha value is -1.97. The maximum atomic E-state index is 8.34. The number of nitrogens with one attached hydrogen (secondary N) is 1. The predicted molar refractivity (Wildman–Crippen MR) is 161 cm³/mol. The molecule has 0 unspecified atom stereocenters. The summed E-state index contributed by atoms with van der Waals surface area (Å²) in [6.45, 7) is 19.9. The fourth-order valence-electron chi connectivity index (χ4n) is 6.28. The van der Waals surface area contributed by atoms with Gasteiger partial charge in [0, 0.05) is 25.0 Å². The van der Waals surface area contributed by atoms with E-state index in [-0.39, 0.29) is 0 Å². The van der Waals surface area contributed by atoms with Crippen molar-refractivity contribution in [1.82, 2.24) is 4.90 Å². The van der Waals surface area contributed by atoms with E-state index in [0.717, 1.165) is 49.8 Å². The Kier molecular flexibility index (Phi) is 11.4. The van der Waals surface area contributed by atoms with Crippen molar-refractivity contribution < 1.29 is 4.74 Å².